The number of fused-ring (bicyclic) bond motifs is 1. The van der Waals surface area contributed by atoms with Gasteiger partial charge in [-0.1, -0.05) is 42.5 Å². The predicted octanol–water partition coefficient (Wildman–Crippen LogP) is 3.86. The molecule has 1 N–H and O–H groups in total. The normalized spacial score (nSPS) is 14.9. The molecule has 1 amide bonds. The maximum atomic E-state index is 12.8. The number of rotatable bonds is 5. The van der Waals surface area contributed by atoms with Gasteiger partial charge in [0.1, 0.15) is 0 Å². The predicted molar refractivity (Wildman–Crippen MR) is 114 cm³/mol. The molecule has 4 rings (SSSR count). The van der Waals surface area contributed by atoms with E-state index in [1.165, 1.54) is 10.4 Å². The van der Waals surface area contributed by atoms with Crippen LogP contribution in [0.2, 0.25) is 0 Å². The van der Waals surface area contributed by atoms with Crippen molar-refractivity contribution in [2.75, 3.05) is 13.1 Å². The first-order valence-corrected chi connectivity index (χ1v) is 11.3. The van der Waals surface area contributed by atoms with Crippen molar-refractivity contribution in [1.29, 1.82) is 0 Å². The minimum atomic E-state index is -3.55. The standard InChI is InChI=1S/C23H24N2O3S/c1-17-8-11-21(29(27,28)25-12-4-5-13-25)15-22(17)23(26)24-16-18-9-10-19-6-2-3-7-20(19)14-18/h2-3,6-11,14-15H,4-5,12-13,16H2,1H3,(H,24,26). The van der Waals surface area contributed by atoms with Crippen LogP contribution in [0.1, 0.15) is 34.3 Å². The highest BCUT2D eigenvalue weighted by Gasteiger charge is 2.28. The molecule has 3 aromatic rings. The van der Waals surface area contributed by atoms with Crippen molar-refractivity contribution < 1.29 is 13.2 Å². The molecule has 0 unspecified atom stereocenters. The zero-order valence-electron chi connectivity index (χ0n) is 16.4. The number of sulfonamides is 1. The fraction of sp³-hybridized carbons (Fsp3) is 0.261. The Morgan fingerprint density at radius 3 is 2.45 bits per heavy atom. The van der Waals surface area contributed by atoms with Crippen molar-refractivity contribution in [3.8, 4) is 0 Å². The van der Waals surface area contributed by atoms with Crippen molar-refractivity contribution in [1.82, 2.24) is 9.62 Å². The van der Waals surface area contributed by atoms with E-state index in [4.69, 9.17) is 0 Å². The summed E-state index contributed by atoms with van der Waals surface area (Å²) in [7, 11) is -3.55. The van der Waals surface area contributed by atoms with Gasteiger partial charge in [-0.15, -0.1) is 0 Å². The van der Waals surface area contributed by atoms with Gasteiger partial charge in [-0.05, 0) is 59.9 Å². The molecule has 1 aliphatic rings. The molecular formula is C23H24N2O3S. The molecule has 5 nitrogen and oxygen atoms in total. The van der Waals surface area contributed by atoms with E-state index in [2.05, 4.69) is 11.4 Å². The largest absolute Gasteiger partial charge is 0.348 e. The van der Waals surface area contributed by atoms with E-state index in [0.29, 0.717) is 25.2 Å². The molecule has 1 aliphatic heterocycles. The molecule has 150 valence electrons. The lowest BCUT2D eigenvalue weighted by atomic mass is 10.1. The van der Waals surface area contributed by atoms with Crippen LogP contribution in [0.15, 0.2) is 65.6 Å². The Morgan fingerprint density at radius 1 is 0.966 bits per heavy atom. The first-order valence-electron chi connectivity index (χ1n) is 9.82. The van der Waals surface area contributed by atoms with Crippen molar-refractivity contribution in [2.45, 2.75) is 31.2 Å². The van der Waals surface area contributed by atoms with Crippen LogP contribution in [-0.2, 0) is 16.6 Å². The minimum Gasteiger partial charge on any atom is -0.348 e. The van der Waals surface area contributed by atoms with Crippen LogP contribution in [0.5, 0.6) is 0 Å². The van der Waals surface area contributed by atoms with Crippen LogP contribution < -0.4 is 5.32 Å². The summed E-state index contributed by atoms with van der Waals surface area (Å²) in [6.07, 6.45) is 1.76. The SMILES string of the molecule is Cc1ccc(S(=O)(=O)N2CCCC2)cc1C(=O)NCc1ccc2ccccc2c1. The fourth-order valence-electron chi connectivity index (χ4n) is 3.71. The molecule has 0 radical (unpaired) electrons. The second-order valence-electron chi connectivity index (χ2n) is 7.45. The summed E-state index contributed by atoms with van der Waals surface area (Å²) >= 11 is 0. The van der Waals surface area contributed by atoms with Gasteiger partial charge < -0.3 is 5.32 Å². The van der Waals surface area contributed by atoms with Crippen molar-refractivity contribution in [3.05, 3.63) is 77.4 Å². The molecule has 0 bridgehead atoms. The van der Waals surface area contributed by atoms with Gasteiger partial charge in [-0.25, -0.2) is 8.42 Å². The van der Waals surface area contributed by atoms with Crippen LogP contribution in [-0.4, -0.2) is 31.7 Å². The molecule has 3 aromatic carbocycles. The molecule has 29 heavy (non-hydrogen) atoms. The van der Waals surface area contributed by atoms with Crippen LogP contribution in [0.25, 0.3) is 10.8 Å². The van der Waals surface area contributed by atoms with Crippen LogP contribution in [0.4, 0.5) is 0 Å². The van der Waals surface area contributed by atoms with E-state index < -0.39 is 10.0 Å². The summed E-state index contributed by atoms with van der Waals surface area (Å²) in [5, 5.41) is 5.19. The molecule has 0 aromatic heterocycles. The van der Waals surface area contributed by atoms with E-state index in [1.807, 2.05) is 43.3 Å². The maximum absolute atomic E-state index is 12.8. The van der Waals surface area contributed by atoms with Crippen LogP contribution in [0, 0.1) is 6.92 Å². The number of amides is 1. The maximum Gasteiger partial charge on any atom is 0.251 e. The third-order valence-electron chi connectivity index (χ3n) is 5.42. The molecule has 0 aliphatic carbocycles. The minimum absolute atomic E-state index is 0.181. The summed E-state index contributed by atoms with van der Waals surface area (Å²) in [6.45, 7) is 3.28. The van der Waals surface area contributed by atoms with Gasteiger partial charge in [0, 0.05) is 25.2 Å². The van der Waals surface area contributed by atoms with Gasteiger partial charge in [0.2, 0.25) is 10.0 Å². The Morgan fingerprint density at radius 2 is 1.69 bits per heavy atom. The smallest absolute Gasteiger partial charge is 0.251 e. The fourth-order valence-corrected chi connectivity index (χ4v) is 5.25. The van der Waals surface area contributed by atoms with Gasteiger partial charge in [-0.2, -0.15) is 4.31 Å². The lowest BCUT2D eigenvalue weighted by Crippen LogP contribution is -2.29. The highest BCUT2D eigenvalue weighted by atomic mass is 32.2. The van der Waals surface area contributed by atoms with Crippen LogP contribution in [0.3, 0.4) is 0 Å². The third kappa shape index (κ3) is 4.04. The Bertz CT molecular complexity index is 1170. The van der Waals surface area contributed by atoms with E-state index in [1.54, 1.807) is 12.1 Å². The quantitative estimate of drug-likeness (QED) is 0.697. The zero-order valence-corrected chi connectivity index (χ0v) is 17.2. The lowest BCUT2D eigenvalue weighted by Gasteiger charge is -2.17. The summed E-state index contributed by atoms with van der Waals surface area (Å²) in [5.41, 5.74) is 2.14. The molecule has 1 heterocycles. The van der Waals surface area contributed by atoms with E-state index in [-0.39, 0.29) is 10.8 Å². The first-order chi connectivity index (χ1) is 13.9. The molecule has 0 spiro atoms. The first kappa shape index (κ1) is 19.6. The Labute approximate surface area is 171 Å². The summed E-state index contributed by atoms with van der Waals surface area (Å²) in [5.74, 6) is -0.269. The Kier molecular flexibility index (Phi) is 5.39. The van der Waals surface area contributed by atoms with Crippen LogP contribution >= 0.6 is 0 Å². The topological polar surface area (TPSA) is 66.5 Å². The van der Waals surface area contributed by atoms with E-state index in [9.17, 15) is 13.2 Å². The molecular weight excluding hydrogens is 384 g/mol. The number of carbonyl (C=O) groups is 1. The molecule has 0 saturated carbocycles. The summed E-state index contributed by atoms with van der Waals surface area (Å²) in [4.78, 5) is 13.0. The average molecular weight is 409 g/mol. The third-order valence-corrected chi connectivity index (χ3v) is 7.32. The van der Waals surface area contributed by atoms with Gasteiger partial charge in [0.05, 0.1) is 4.90 Å². The Hall–Kier alpha value is -2.70. The molecule has 1 saturated heterocycles. The molecule has 0 atom stereocenters. The number of nitrogens with one attached hydrogen (secondary N) is 1. The number of nitrogens with zero attached hydrogens (tertiary/aromatic N) is 1. The van der Waals surface area contributed by atoms with Gasteiger partial charge >= 0.3 is 0 Å². The average Bonchev–Trinajstić information content (AvgIpc) is 3.28. The number of hydrogen-bond acceptors (Lipinski definition) is 3. The highest BCUT2D eigenvalue weighted by molar-refractivity contribution is 7.89. The van der Waals surface area contributed by atoms with Crippen molar-refractivity contribution in [3.63, 3.8) is 0 Å². The van der Waals surface area contributed by atoms with E-state index >= 15 is 0 Å². The van der Waals surface area contributed by atoms with E-state index in [0.717, 1.165) is 34.7 Å². The van der Waals surface area contributed by atoms with Gasteiger partial charge in [-0.3, -0.25) is 4.79 Å². The highest BCUT2D eigenvalue weighted by Crippen LogP contribution is 2.23. The summed E-state index contributed by atoms with van der Waals surface area (Å²) in [6, 6.07) is 18.9. The zero-order chi connectivity index (χ0) is 20.4. The second kappa shape index (κ2) is 7.97. The van der Waals surface area contributed by atoms with Gasteiger partial charge in [0.15, 0.2) is 0 Å². The number of aryl methyl sites for hydroxylation is 1. The Balaban J connectivity index is 1.53. The molecule has 6 heteroatoms. The number of hydrogen-bond donors (Lipinski definition) is 1. The monoisotopic (exact) mass is 408 g/mol. The lowest BCUT2D eigenvalue weighted by molar-refractivity contribution is 0.0950. The van der Waals surface area contributed by atoms with Gasteiger partial charge in [0.25, 0.3) is 5.91 Å². The van der Waals surface area contributed by atoms with Crippen molar-refractivity contribution >= 4 is 26.7 Å². The summed E-state index contributed by atoms with van der Waals surface area (Å²) < 4.78 is 27.1. The molecule has 1 fully saturated rings. The number of benzene rings is 3. The number of carbonyl (C=O) groups excluding carboxylic acids is 1. The van der Waals surface area contributed by atoms with Crippen molar-refractivity contribution in [2.24, 2.45) is 0 Å². The second-order valence-corrected chi connectivity index (χ2v) is 9.39.